The Labute approximate surface area is 198 Å². The normalized spacial score (nSPS) is 29.5. The van der Waals surface area contributed by atoms with Crippen molar-refractivity contribution in [1.29, 1.82) is 0 Å². The van der Waals surface area contributed by atoms with Gasteiger partial charge in [-0.15, -0.1) is 0 Å². The maximum atomic E-state index is 13.8. The number of rotatable bonds is 3. The third kappa shape index (κ3) is 3.57. The largest absolute Gasteiger partial charge is 0.419 e. The van der Waals surface area contributed by atoms with Gasteiger partial charge in [-0.3, -0.25) is 14.0 Å². The van der Waals surface area contributed by atoms with E-state index in [4.69, 9.17) is 11.6 Å². The summed E-state index contributed by atoms with van der Waals surface area (Å²) in [6.45, 7) is -0.150. The number of hydrogen-bond acceptors (Lipinski definition) is 4. The highest BCUT2D eigenvalue weighted by atomic mass is 35.5. The smallest absolute Gasteiger partial charge is 0.393 e. The van der Waals surface area contributed by atoms with Crippen LogP contribution in [-0.2, 0) is 11.0 Å². The molecule has 1 saturated heterocycles. The van der Waals surface area contributed by atoms with Crippen LogP contribution in [0.2, 0.25) is 5.15 Å². The molecule has 34 heavy (non-hydrogen) atoms. The van der Waals surface area contributed by atoms with Gasteiger partial charge < -0.3 is 14.9 Å². The molecular formula is C23H24ClF3N4O3. The molecule has 11 heteroatoms. The van der Waals surface area contributed by atoms with Crippen molar-refractivity contribution < 1.29 is 27.9 Å². The van der Waals surface area contributed by atoms with Gasteiger partial charge in [0.1, 0.15) is 11.7 Å². The first-order chi connectivity index (χ1) is 16.1. The Hall–Kier alpha value is -2.33. The van der Waals surface area contributed by atoms with Crippen molar-refractivity contribution in [3.05, 3.63) is 34.2 Å². The summed E-state index contributed by atoms with van der Waals surface area (Å²) in [4.78, 5) is 33.7. The standard InChI is InChI=1S/C23H24ClF3N4O3/c24-20-19(28-21-15(23(25,26)27)7-12(9-30(20)21)11-1-2-11)22(34)29-10-18(33)31(17-8-16(17)29)13-3-5-14(32)6-4-13/h7,9,11,13-14,16-17,32H,1-6,8,10H2. The maximum Gasteiger partial charge on any atom is 0.419 e. The van der Waals surface area contributed by atoms with E-state index in [1.165, 1.54) is 11.1 Å². The van der Waals surface area contributed by atoms with E-state index in [2.05, 4.69) is 4.98 Å². The SMILES string of the molecule is O=C(c1nc2c(C(F)(F)F)cc(C3CC3)cn2c1Cl)N1CC(=O)N(C2CCC(O)CC2)C2CC21. The first-order valence-electron chi connectivity index (χ1n) is 11.7. The first kappa shape index (κ1) is 22.2. The number of piperazine rings is 1. The molecule has 2 unspecified atom stereocenters. The fourth-order valence-electron chi connectivity index (χ4n) is 5.62. The number of imidazole rings is 1. The summed E-state index contributed by atoms with van der Waals surface area (Å²) in [6, 6.07) is 0.859. The number of aromatic nitrogens is 2. The number of amides is 2. The van der Waals surface area contributed by atoms with Gasteiger partial charge in [-0.1, -0.05) is 11.6 Å². The molecule has 0 bridgehead atoms. The second-order valence-electron chi connectivity index (χ2n) is 9.97. The van der Waals surface area contributed by atoms with E-state index in [1.54, 1.807) is 0 Å². The Morgan fingerprint density at radius 3 is 2.47 bits per heavy atom. The number of hydrogen-bond donors (Lipinski definition) is 1. The molecule has 0 radical (unpaired) electrons. The minimum Gasteiger partial charge on any atom is -0.393 e. The summed E-state index contributed by atoms with van der Waals surface area (Å²) < 4.78 is 42.5. The summed E-state index contributed by atoms with van der Waals surface area (Å²) in [5, 5.41) is 9.60. The minimum absolute atomic E-state index is 0.0529. The lowest BCUT2D eigenvalue weighted by Gasteiger charge is -2.40. The van der Waals surface area contributed by atoms with Crippen molar-refractivity contribution in [3.63, 3.8) is 0 Å². The summed E-state index contributed by atoms with van der Waals surface area (Å²) in [7, 11) is 0. The Kier molecular flexibility index (Phi) is 4.94. The molecule has 4 fully saturated rings. The van der Waals surface area contributed by atoms with E-state index in [9.17, 15) is 27.9 Å². The minimum atomic E-state index is -4.64. The monoisotopic (exact) mass is 496 g/mol. The van der Waals surface area contributed by atoms with E-state index >= 15 is 0 Å². The van der Waals surface area contributed by atoms with Gasteiger partial charge >= 0.3 is 6.18 Å². The van der Waals surface area contributed by atoms with Crippen LogP contribution in [0, 0.1) is 0 Å². The van der Waals surface area contributed by atoms with Crippen LogP contribution in [0.3, 0.4) is 0 Å². The molecule has 2 aromatic heterocycles. The van der Waals surface area contributed by atoms with E-state index in [0.29, 0.717) is 24.8 Å². The summed E-state index contributed by atoms with van der Waals surface area (Å²) in [6.07, 6.45) is 1.58. The molecule has 2 aromatic rings. The molecule has 2 amide bonds. The fraction of sp³-hybridized carbons (Fsp3) is 0.609. The summed E-state index contributed by atoms with van der Waals surface area (Å²) in [5.74, 6) is -0.739. The predicted octanol–water partition coefficient (Wildman–Crippen LogP) is 3.61. The second kappa shape index (κ2) is 7.58. The molecule has 3 aliphatic carbocycles. The van der Waals surface area contributed by atoms with Crippen molar-refractivity contribution in [1.82, 2.24) is 19.2 Å². The molecule has 0 spiro atoms. The van der Waals surface area contributed by atoms with Crippen molar-refractivity contribution in [2.75, 3.05) is 6.54 Å². The maximum absolute atomic E-state index is 13.8. The fourth-order valence-corrected chi connectivity index (χ4v) is 5.88. The highest BCUT2D eigenvalue weighted by molar-refractivity contribution is 6.33. The zero-order valence-electron chi connectivity index (χ0n) is 18.3. The molecule has 0 aromatic carbocycles. The molecule has 1 aliphatic heterocycles. The van der Waals surface area contributed by atoms with Gasteiger partial charge in [0.2, 0.25) is 5.91 Å². The summed E-state index contributed by atoms with van der Waals surface area (Å²) in [5.41, 5.74) is -1.04. The number of pyridine rings is 1. The molecule has 2 atom stereocenters. The van der Waals surface area contributed by atoms with Crippen molar-refractivity contribution in [2.45, 2.75) is 81.3 Å². The molecule has 182 valence electrons. The van der Waals surface area contributed by atoms with E-state index in [0.717, 1.165) is 36.2 Å². The first-order valence-corrected chi connectivity index (χ1v) is 12.1. The Balaban J connectivity index is 1.30. The van der Waals surface area contributed by atoms with Crippen LogP contribution in [0.1, 0.15) is 72.5 Å². The molecule has 1 N–H and O–H groups in total. The average molecular weight is 497 g/mol. The average Bonchev–Trinajstić information content (AvgIpc) is 3.70. The summed E-state index contributed by atoms with van der Waals surface area (Å²) >= 11 is 6.42. The van der Waals surface area contributed by atoms with Crippen molar-refractivity contribution in [2.24, 2.45) is 0 Å². The molecular weight excluding hydrogens is 473 g/mol. The van der Waals surface area contributed by atoms with E-state index < -0.39 is 23.3 Å². The lowest BCUT2D eigenvalue weighted by molar-refractivity contribution is -0.139. The van der Waals surface area contributed by atoms with Gasteiger partial charge in [0.05, 0.1) is 23.8 Å². The zero-order chi connectivity index (χ0) is 23.9. The van der Waals surface area contributed by atoms with Crippen LogP contribution in [0.5, 0.6) is 0 Å². The number of carbonyl (C=O) groups is 2. The highest BCUT2D eigenvalue weighted by Gasteiger charge is 2.56. The van der Waals surface area contributed by atoms with Gasteiger partial charge in [-0.25, -0.2) is 4.98 Å². The van der Waals surface area contributed by atoms with Gasteiger partial charge in [0.15, 0.2) is 11.3 Å². The Morgan fingerprint density at radius 2 is 1.82 bits per heavy atom. The number of fused-ring (bicyclic) bond motifs is 2. The van der Waals surface area contributed by atoms with Gasteiger partial charge in [0.25, 0.3) is 5.91 Å². The second-order valence-corrected chi connectivity index (χ2v) is 10.3. The zero-order valence-corrected chi connectivity index (χ0v) is 19.0. The van der Waals surface area contributed by atoms with Crippen LogP contribution < -0.4 is 0 Å². The van der Waals surface area contributed by atoms with Gasteiger partial charge in [-0.05, 0) is 62.5 Å². The molecule has 6 rings (SSSR count). The Bertz CT molecular complexity index is 1190. The van der Waals surface area contributed by atoms with E-state index in [-0.39, 0.29) is 53.4 Å². The number of halogens is 4. The highest BCUT2D eigenvalue weighted by Crippen LogP contribution is 2.45. The number of nitrogens with zero attached hydrogens (tertiary/aromatic N) is 4. The van der Waals surface area contributed by atoms with E-state index in [1.807, 2.05) is 4.90 Å². The predicted molar refractivity (Wildman–Crippen MR) is 116 cm³/mol. The van der Waals surface area contributed by atoms with Crippen molar-refractivity contribution in [3.8, 4) is 0 Å². The van der Waals surface area contributed by atoms with Crippen LogP contribution >= 0.6 is 11.6 Å². The molecule has 7 nitrogen and oxygen atoms in total. The molecule has 3 heterocycles. The third-order valence-electron chi connectivity index (χ3n) is 7.64. The topological polar surface area (TPSA) is 78.2 Å². The van der Waals surface area contributed by atoms with Crippen LogP contribution in [0.15, 0.2) is 12.3 Å². The van der Waals surface area contributed by atoms with Crippen molar-refractivity contribution >= 4 is 29.1 Å². The van der Waals surface area contributed by atoms with Gasteiger partial charge in [-0.2, -0.15) is 13.2 Å². The third-order valence-corrected chi connectivity index (χ3v) is 8.00. The quantitative estimate of drug-likeness (QED) is 0.704. The number of alkyl halides is 3. The molecule has 4 aliphatic rings. The Morgan fingerprint density at radius 1 is 1.12 bits per heavy atom. The van der Waals surface area contributed by atoms with Gasteiger partial charge in [0, 0.05) is 12.2 Å². The van der Waals surface area contributed by atoms with Crippen LogP contribution in [0.4, 0.5) is 13.2 Å². The van der Waals surface area contributed by atoms with Crippen LogP contribution in [-0.4, -0.2) is 66.9 Å². The number of carbonyl (C=O) groups excluding carboxylic acids is 2. The number of aliphatic hydroxyl groups is 1. The molecule has 3 saturated carbocycles. The lowest BCUT2D eigenvalue weighted by Crippen LogP contribution is -2.56. The van der Waals surface area contributed by atoms with Crippen LogP contribution in [0.25, 0.3) is 5.65 Å². The lowest BCUT2D eigenvalue weighted by atomic mass is 9.91. The number of aliphatic hydroxyl groups excluding tert-OH is 1.